The molecule has 0 spiro atoms. The summed E-state index contributed by atoms with van der Waals surface area (Å²) in [6, 6.07) is 0. The lowest BCUT2D eigenvalue weighted by molar-refractivity contribution is 0.122. The largest absolute Gasteiger partial charge is 0.392 e. The second-order valence-corrected chi connectivity index (χ2v) is 2.50. The van der Waals surface area contributed by atoms with E-state index in [-0.39, 0.29) is 0 Å². The fourth-order valence-electron chi connectivity index (χ4n) is 0. The van der Waals surface area contributed by atoms with Gasteiger partial charge in [0.05, 0.1) is 6.10 Å². The summed E-state index contributed by atoms with van der Waals surface area (Å²) in [5.41, 5.74) is 4.98. The molecule has 0 fully saturated rings. The molecule has 0 radical (unpaired) electrons. The molecule has 2 heteroatoms. The van der Waals surface area contributed by atoms with Crippen molar-refractivity contribution in [2.75, 3.05) is 0 Å². The molecule has 7 heavy (non-hydrogen) atoms. The Morgan fingerprint density at radius 2 is 1.71 bits per heavy atom. The van der Waals surface area contributed by atoms with E-state index in [0.717, 1.165) is 0 Å². The maximum atomic E-state index is 8.76. The lowest BCUT2D eigenvalue weighted by atomic mass is 10.0. The fourth-order valence-corrected chi connectivity index (χ4v) is 0. The highest BCUT2D eigenvalue weighted by atomic mass is 16.3. The monoisotopic (exact) mass is 103 g/mol. The molecule has 0 aromatic rings. The van der Waals surface area contributed by atoms with Crippen molar-refractivity contribution in [3.8, 4) is 0 Å². The minimum Gasteiger partial charge on any atom is -0.392 e. The molecule has 0 heterocycles. The third-order valence-corrected chi connectivity index (χ3v) is 1.08. The van der Waals surface area contributed by atoms with Gasteiger partial charge in [-0.1, -0.05) is 0 Å². The summed E-state index contributed by atoms with van der Waals surface area (Å²) >= 11 is 0. The van der Waals surface area contributed by atoms with Gasteiger partial charge in [-0.15, -0.1) is 0 Å². The predicted octanol–water partition coefficient (Wildman–Crippen LogP) is 0.104. The molecule has 2 nitrogen and oxygen atoms in total. The van der Waals surface area contributed by atoms with Crippen molar-refractivity contribution in [3.63, 3.8) is 0 Å². The molecule has 1 atom stereocenters. The predicted molar refractivity (Wildman–Crippen MR) is 29.9 cm³/mol. The molecular weight excluding hydrogens is 90.1 g/mol. The number of aliphatic hydroxyl groups is 1. The zero-order chi connectivity index (χ0) is 6.08. The van der Waals surface area contributed by atoms with E-state index in [1.807, 2.05) is 0 Å². The van der Waals surface area contributed by atoms with Crippen LogP contribution in [-0.2, 0) is 0 Å². The van der Waals surface area contributed by atoms with Gasteiger partial charge in [0.15, 0.2) is 0 Å². The van der Waals surface area contributed by atoms with E-state index in [9.17, 15) is 0 Å². The Morgan fingerprint density at radius 3 is 1.71 bits per heavy atom. The number of rotatable bonds is 1. The van der Waals surface area contributed by atoms with Gasteiger partial charge < -0.3 is 10.8 Å². The van der Waals surface area contributed by atoms with Crippen LogP contribution in [0, 0.1) is 0 Å². The summed E-state index contributed by atoms with van der Waals surface area (Å²) in [5, 5.41) is 8.76. The van der Waals surface area contributed by atoms with Crippen LogP contribution < -0.4 is 5.73 Å². The molecular formula is C5H13NO. The average molecular weight is 103 g/mol. The molecule has 1 unspecified atom stereocenters. The smallest absolute Gasteiger partial charge is 0.0686 e. The van der Waals surface area contributed by atoms with Gasteiger partial charge in [-0.3, -0.25) is 0 Å². The molecule has 3 N–H and O–H groups in total. The van der Waals surface area contributed by atoms with Crippen LogP contribution in [0.1, 0.15) is 20.8 Å². The summed E-state index contributed by atoms with van der Waals surface area (Å²) in [4.78, 5) is 0. The van der Waals surface area contributed by atoms with Gasteiger partial charge in [-0.05, 0) is 20.8 Å². The Hall–Kier alpha value is -0.0800. The molecule has 0 aromatic heterocycles. The second kappa shape index (κ2) is 1.80. The van der Waals surface area contributed by atoms with Crippen molar-refractivity contribution in [2.24, 2.45) is 5.73 Å². The zero-order valence-corrected chi connectivity index (χ0v) is 5.10. The van der Waals surface area contributed by atoms with Gasteiger partial charge in [-0.25, -0.2) is 0 Å². The van der Waals surface area contributed by atoms with E-state index in [1.165, 1.54) is 0 Å². The van der Waals surface area contributed by atoms with Gasteiger partial charge in [0.1, 0.15) is 0 Å². The standard InChI is InChI=1S/C5H13NO/c1-4(7)5(2,3)6/h4,7H,6H2,1-3H3. The van der Waals surface area contributed by atoms with Crippen LogP contribution >= 0.6 is 0 Å². The molecule has 0 rings (SSSR count). The third kappa shape index (κ3) is 2.60. The summed E-state index contributed by atoms with van der Waals surface area (Å²) in [6.45, 7) is 5.26. The van der Waals surface area contributed by atoms with Crippen molar-refractivity contribution in [3.05, 3.63) is 0 Å². The van der Waals surface area contributed by atoms with Crippen LogP contribution in [0.4, 0.5) is 0 Å². The minimum absolute atomic E-state index is 0.424. The number of hydrogen-bond acceptors (Lipinski definition) is 2. The molecule has 0 aliphatic heterocycles. The highest BCUT2D eigenvalue weighted by molar-refractivity contribution is 4.77. The maximum absolute atomic E-state index is 8.76. The SMILES string of the molecule is CC(O)C(C)(C)N. The quantitative estimate of drug-likeness (QED) is 0.494. The van der Waals surface area contributed by atoms with Crippen LogP contribution in [0.25, 0.3) is 0 Å². The normalized spacial score (nSPS) is 16.7. The van der Waals surface area contributed by atoms with Crippen molar-refractivity contribution in [1.29, 1.82) is 0 Å². The lowest BCUT2D eigenvalue weighted by Crippen LogP contribution is -2.43. The first kappa shape index (κ1) is 6.92. The molecule has 0 amide bonds. The van der Waals surface area contributed by atoms with E-state index in [1.54, 1.807) is 20.8 Å². The number of aliphatic hydroxyl groups excluding tert-OH is 1. The molecule has 0 aromatic carbocycles. The Morgan fingerprint density at radius 1 is 1.57 bits per heavy atom. The van der Waals surface area contributed by atoms with Crippen molar-refractivity contribution in [2.45, 2.75) is 32.4 Å². The van der Waals surface area contributed by atoms with Gasteiger partial charge in [-0.2, -0.15) is 0 Å². The molecule has 0 saturated carbocycles. The molecule has 0 aliphatic rings. The van der Waals surface area contributed by atoms with E-state index < -0.39 is 11.6 Å². The van der Waals surface area contributed by atoms with Crippen LogP contribution in [0.2, 0.25) is 0 Å². The molecule has 0 bridgehead atoms. The highest BCUT2D eigenvalue weighted by Crippen LogP contribution is 2.01. The van der Waals surface area contributed by atoms with E-state index in [2.05, 4.69) is 0 Å². The van der Waals surface area contributed by atoms with Gasteiger partial charge in [0, 0.05) is 5.54 Å². The summed E-state index contributed by atoms with van der Waals surface area (Å²) in [7, 11) is 0. The average Bonchev–Trinajstić information content (AvgIpc) is 1.31. The Balaban J connectivity index is 3.54. The van der Waals surface area contributed by atoms with Gasteiger partial charge in [0.2, 0.25) is 0 Å². The first-order valence-corrected chi connectivity index (χ1v) is 2.41. The van der Waals surface area contributed by atoms with Crippen LogP contribution in [-0.4, -0.2) is 16.7 Å². The fraction of sp³-hybridized carbons (Fsp3) is 1.00. The number of nitrogens with two attached hydrogens (primary N) is 1. The van der Waals surface area contributed by atoms with E-state index >= 15 is 0 Å². The Labute approximate surface area is 44.3 Å². The maximum Gasteiger partial charge on any atom is 0.0686 e. The van der Waals surface area contributed by atoms with Crippen LogP contribution in [0.15, 0.2) is 0 Å². The molecule has 44 valence electrons. The third-order valence-electron chi connectivity index (χ3n) is 1.08. The zero-order valence-electron chi connectivity index (χ0n) is 5.10. The van der Waals surface area contributed by atoms with Crippen molar-refractivity contribution in [1.82, 2.24) is 0 Å². The van der Waals surface area contributed by atoms with Crippen molar-refractivity contribution >= 4 is 0 Å². The topological polar surface area (TPSA) is 46.2 Å². The van der Waals surface area contributed by atoms with E-state index in [0.29, 0.717) is 0 Å². The van der Waals surface area contributed by atoms with Crippen LogP contribution in [0.3, 0.4) is 0 Å². The van der Waals surface area contributed by atoms with Gasteiger partial charge >= 0.3 is 0 Å². The van der Waals surface area contributed by atoms with Crippen LogP contribution in [0.5, 0.6) is 0 Å². The molecule has 0 aliphatic carbocycles. The Bertz CT molecular complexity index is 53.6. The first-order chi connectivity index (χ1) is 2.94. The molecule has 0 saturated heterocycles. The van der Waals surface area contributed by atoms with E-state index in [4.69, 9.17) is 10.8 Å². The van der Waals surface area contributed by atoms with Crippen molar-refractivity contribution < 1.29 is 5.11 Å². The highest BCUT2D eigenvalue weighted by Gasteiger charge is 2.16. The summed E-state index contributed by atoms with van der Waals surface area (Å²) in [5.74, 6) is 0. The second-order valence-electron chi connectivity index (χ2n) is 2.50. The lowest BCUT2D eigenvalue weighted by Gasteiger charge is -2.21. The summed E-state index contributed by atoms with van der Waals surface area (Å²) in [6.07, 6.45) is -0.424. The summed E-state index contributed by atoms with van der Waals surface area (Å²) < 4.78 is 0. The number of hydrogen-bond donors (Lipinski definition) is 2. The van der Waals surface area contributed by atoms with Gasteiger partial charge in [0.25, 0.3) is 0 Å². The Kier molecular flexibility index (Phi) is 1.78. The first-order valence-electron chi connectivity index (χ1n) is 2.41. The minimum atomic E-state index is -0.444.